The maximum Gasteiger partial charge on any atom is 0.276 e. The van der Waals surface area contributed by atoms with Crippen molar-refractivity contribution in [2.75, 3.05) is 6.61 Å². The second-order valence-corrected chi connectivity index (χ2v) is 7.23. The van der Waals surface area contributed by atoms with Gasteiger partial charge in [0.2, 0.25) is 0 Å². The maximum absolute atomic E-state index is 12.7. The number of nitrogens with zero attached hydrogens (tertiary/aromatic N) is 2. The Labute approximate surface area is 184 Å². The minimum absolute atomic E-state index is 0.0227. The van der Waals surface area contributed by atoms with Gasteiger partial charge in [-0.25, -0.2) is 5.43 Å². The van der Waals surface area contributed by atoms with E-state index in [1.54, 1.807) is 19.2 Å². The third kappa shape index (κ3) is 5.52. The number of amides is 1. The first-order valence-corrected chi connectivity index (χ1v) is 10.0. The fourth-order valence-corrected chi connectivity index (χ4v) is 3.10. The lowest BCUT2D eigenvalue weighted by molar-refractivity contribution is 0.0953. The van der Waals surface area contributed by atoms with Crippen LogP contribution in [0.4, 0.5) is 0 Å². The highest BCUT2D eigenvalue weighted by Gasteiger charge is 2.12. The van der Waals surface area contributed by atoms with Crippen molar-refractivity contribution in [2.45, 2.75) is 20.4 Å². The van der Waals surface area contributed by atoms with E-state index in [0.29, 0.717) is 18.7 Å². The van der Waals surface area contributed by atoms with Gasteiger partial charge >= 0.3 is 0 Å². The number of carbonyl (C=O) groups is 1. The Morgan fingerprint density at radius 2 is 2.00 bits per heavy atom. The molecular formula is C23H22ClN3O4. The molecule has 0 aliphatic heterocycles. The van der Waals surface area contributed by atoms with Gasteiger partial charge in [-0.3, -0.25) is 9.59 Å². The van der Waals surface area contributed by atoms with Crippen molar-refractivity contribution in [3.63, 3.8) is 0 Å². The Morgan fingerprint density at radius 3 is 2.71 bits per heavy atom. The summed E-state index contributed by atoms with van der Waals surface area (Å²) >= 11 is 5.98. The largest absolute Gasteiger partial charge is 0.503 e. The Morgan fingerprint density at radius 1 is 1.26 bits per heavy atom. The van der Waals surface area contributed by atoms with Gasteiger partial charge in [-0.05, 0) is 49.2 Å². The van der Waals surface area contributed by atoms with Crippen LogP contribution in [0.2, 0.25) is 5.02 Å². The number of pyridine rings is 1. The number of phenols is 1. The maximum atomic E-state index is 12.7. The highest BCUT2D eigenvalue weighted by atomic mass is 35.5. The van der Waals surface area contributed by atoms with Crippen LogP contribution >= 0.6 is 11.6 Å². The van der Waals surface area contributed by atoms with E-state index in [1.807, 2.05) is 31.2 Å². The van der Waals surface area contributed by atoms with Crippen molar-refractivity contribution < 1.29 is 14.6 Å². The third-order valence-electron chi connectivity index (χ3n) is 4.47. The van der Waals surface area contributed by atoms with Crippen LogP contribution in [-0.2, 0) is 6.54 Å². The van der Waals surface area contributed by atoms with Gasteiger partial charge in [-0.15, -0.1) is 0 Å². The molecule has 0 saturated heterocycles. The van der Waals surface area contributed by atoms with Gasteiger partial charge in [0.25, 0.3) is 11.5 Å². The first-order chi connectivity index (χ1) is 14.9. The fraction of sp³-hybridized carbons (Fsp3) is 0.174. The summed E-state index contributed by atoms with van der Waals surface area (Å²) in [5.41, 5.74) is 4.50. The zero-order valence-corrected chi connectivity index (χ0v) is 17.9. The van der Waals surface area contributed by atoms with Crippen molar-refractivity contribution in [2.24, 2.45) is 5.10 Å². The van der Waals surface area contributed by atoms with Crippen LogP contribution in [-0.4, -0.2) is 28.4 Å². The van der Waals surface area contributed by atoms with Crippen LogP contribution in [0.3, 0.4) is 0 Å². The normalized spacial score (nSPS) is 10.9. The van der Waals surface area contributed by atoms with Crippen LogP contribution in [0.5, 0.6) is 11.5 Å². The highest BCUT2D eigenvalue weighted by Crippen LogP contribution is 2.34. The van der Waals surface area contributed by atoms with Crippen molar-refractivity contribution in [1.29, 1.82) is 0 Å². The number of phenolic OH excluding ortho intramolecular Hbond substituents is 1. The second-order valence-electron chi connectivity index (χ2n) is 6.82. The first-order valence-electron chi connectivity index (χ1n) is 9.62. The lowest BCUT2D eigenvalue weighted by atomic mass is 10.1. The minimum Gasteiger partial charge on any atom is -0.503 e. The van der Waals surface area contributed by atoms with E-state index in [2.05, 4.69) is 10.5 Å². The van der Waals surface area contributed by atoms with Crippen LogP contribution < -0.4 is 15.7 Å². The fourth-order valence-electron chi connectivity index (χ4n) is 2.88. The van der Waals surface area contributed by atoms with E-state index in [4.69, 9.17) is 16.3 Å². The summed E-state index contributed by atoms with van der Waals surface area (Å²) in [6.07, 6.45) is 2.98. The topological polar surface area (TPSA) is 92.9 Å². The third-order valence-corrected chi connectivity index (χ3v) is 4.76. The van der Waals surface area contributed by atoms with Gasteiger partial charge in [0.1, 0.15) is 5.56 Å². The van der Waals surface area contributed by atoms with Crippen LogP contribution in [0.15, 0.2) is 64.6 Å². The zero-order valence-electron chi connectivity index (χ0n) is 17.1. The molecule has 2 aromatic carbocycles. The van der Waals surface area contributed by atoms with E-state index in [-0.39, 0.29) is 22.1 Å². The van der Waals surface area contributed by atoms with E-state index in [0.717, 1.165) is 11.1 Å². The molecule has 0 atom stereocenters. The van der Waals surface area contributed by atoms with Crippen molar-refractivity contribution >= 4 is 23.7 Å². The summed E-state index contributed by atoms with van der Waals surface area (Å²) in [4.78, 5) is 25.2. The average molecular weight is 440 g/mol. The predicted molar refractivity (Wildman–Crippen MR) is 120 cm³/mol. The number of ether oxygens (including phenoxy) is 1. The van der Waals surface area contributed by atoms with Gasteiger partial charge in [-0.1, -0.05) is 41.4 Å². The number of nitrogens with one attached hydrogen (secondary N) is 1. The molecule has 0 spiro atoms. The molecule has 0 unspecified atom stereocenters. The number of aromatic nitrogens is 1. The number of carbonyl (C=O) groups excluding carboxylic acids is 1. The molecule has 31 heavy (non-hydrogen) atoms. The Bertz CT molecular complexity index is 1170. The van der Waals surface area contributed by atoms with Gasteiger partial charge in [0.05, 0.1) is 24.4 Å². The lowest BCUT2D eigenvalue weighted by Crippen LogP contribution is -2.30. The number of aryl methyl sites for hydroxylation is 1. The number of hydrazone groups is 1. The van der Waals surface area contributed by atoms with Crippen molar-refractivity contribution in [1.82, 2.24) is 9.99 Å². The van der Waals surface area contributed by atoms with E-state index in [9.17, 15) is 14.7 Å². The molecule has 2 N–H and O–H groups in total. The lowest BCUT2D eigenvalue weighted by Gasteiger charge is -2.09. The zero-order chi connectivity index (χ0) is 22.4. The molecule has 160 valence electrons. The van der Waals surface area contributed by atoms with Crippen molar-refractivity contribution in [3.05, 3.63) is 92.4 Å². The molecule has 0 aliphatic carbocycles. The molecule has 0 aliphatic rings. The molecule has 0 fully saturated rings. The average Bonchev–Trinajstić information content (AvgIpc) is 2.74. The van der Waals surface area contributed by atoms with Crippen LogP contribution in [0.25, 0.3) is 0 Å². The van der Waals surface area contributed by atoms with Crippen LogP contribution in [0, 0.1) is 6.92 Å². The quantitative estimate of drug-likeness (QED) is 0.433. The molecule has 0 radical (unpaired) electrons. The van der Waals surface area contributed by atoms with Crippen LogP contribution in [0.1, 0.15) is 34.0 Å². The number of hydrogen-bond donors (Lipinski definition) is 2. The minimum atomic E-state index is -0.630. The molecule has 0 saturated carbocycles. The molecule has 8 heteroatoms. The van der Waals surface area contributed by atoms with Gasteiger partial charge in [-0.2, -0.15) is 5.10 Å². The molecule has 3 aromatic rings. The summed E-state index contributed by atoms with van der Waals surface area (Å²) in [6, 6.07) is 13.9. The SMILES string of the molecule is CCOc1cc(/C=N\NC(=O)c2cccn(Cc3ccc(C)cc3)c2=O)cc(Cl)c1O. The molecule has 1 heterocycles. The number of hydrogen-bond acceptors (Lipinski definition) is 5. The Balaban J connectivity index is 1.74. The number of aromatic hydroxyl groups is 1. The Hall–Kier alpha value is -3.58. The molecular weight excluding hydrogens is 418 g/mol. The monoisotopic (exact) mass is 439 g/mol. The highest BCUT2D eigenvalue weighted by molar-refractivity contribution is 6.32. The first kappa shape index (κ1) is 22.1. The molecule has 1 amide bonds. The summed E-state index contributed by atoms with van der Waals surface area (Å²) < 4.78 is 6.78. The summed E-state index contributed by atoms with van der Waals surface area (Å²) in [5, 5.41) is 13.9. The molecule has 1 aromatic heterocycles. The van der Waals surface area contributed by atoms with Crippen molar-refractivity contribution in [3.8, 4) is 11.5 Å². The summed E-state index contributed by atoms with van der Waals surface area (Å²) in [6.45, 7) is 4.48. The number of benzene rings is 2. The summed E-state index contributed by atoms with van der Waals surface area (Å²) in [7, 11) is 0. The molecule has 0 bridgehead atoms. The summed E-state index contributed by atoms with van der Waals surface area (Å²) in [5.74, 6) is -0.581. The van der Waals surface area contributed by atoms with E-state index in [1.165, 1.54) is 29.0 Å². The van der Waals surface area contributed by atoms with Gasteiger partial charge in [0.15, 0.2) is 11.5 Å². The van der Waals surface area contributed by atoms with Gasteiger partial charge < -0.3 is 14.4 Å². The Kier molecular flexibility index (Phi) is 7.10. The molecule has 3 rings (SSSR count). The predicted octanol–water partition coefficient (Wildman–Crippen LogP) is 3.73. The van der Waals surface area contributed by atoms with E-state index < -0.39 is 11.5 Å². The standard InChI is InChI=1S/C23H22ClN3O4/c1-3-31-20-12-17(11-19(24)21(20)28)13-25-26-22(29)18-5-4-10-27(23(18)30)14-16-8-6-15(2)7-9-16/h4-13,28H,3,14H2,1-2H3,(H,26,29)/b25-13-. The second kappa shape index (κ2) is 9.95. The van der Waals surface area contributed by atoms with Gasteiger partial charge in [0, 0.05) is 6.20 Å². The molecule has 7 nitrogen and oxygen atoms in total. The smallest absolute Gasteiger partial charge is 0.276 e. The van der Waals surface area contributed by atoms with E-state index >= 15 is 0 Å². The number of halogens is 1. The number of rotatable bonds is 7.